The van der Waals surface area contributed by atoms with Crippen LogP contribution in [-0.4, -0.2) is 24.9 Å². The van der Waals surface area contributed by atoms with E-state index >= 15 is 0 Å². The van der Waals surface area contributed by atoms with Gasteiger partial charge in [-0.2, -0.15) is 0 Å². The number of ether oxygens (including phenoxy) is 1. The predicted molar refractivity (Wildman–Crippen MR) is 91.5 cm³/mol. The number of carbonyl (C=O) groups is 3. The number of nitrogens with one attached hydrogen (secondary N) is 2. The van der Waals surface area contributed by atoms with E-state index in [4.69, 9.17) is 23.2 Å². The number of anilines is 2. The smallest absolute Gasteiger partial charge is 0.337 e. The first-order valence-corrected chi connectivity index (χ1v) is 7.41. The number of amides is 2. The lowest BCUT2D eigenvalue weighted by Gasteiger charge is -2.08. The summed E-state index contributed by atoms with van der Waals surface area (Å²) in [6, 6.07) is 10.4. The molecule has 6 nitrogen and oxygen atoms in total. The molecule has 0 atom stereocenters. The molecule has 0 aromatic heterocycles. The maximum absolute atomic E-state index is 11.9. The third-order valence-electron chi connectivity index (χ3n) is 2.87. The second kappa shape index (κ2) is 7.81. The van der Waals surface area contributed by atoms with Gasteiger partial charge in [-0.3, -0.25) is 9.59 Å². The highest BCUT2D eigenvalue weighted by atomic mass is 35.5. The second-order valence-electron chi connectivity index (χ2n) is 4.64. The van der Waals surface area contributed by atoms with Gasteiger partial charge in [-0.15, -0.1) is 0 Å². The number of methoxy groups -OCH3 is 1. The first-order chi connectivity index (χ1) is 11.4. The average molecular weight is 367 g/mol. The van der Waals surface area contributed by atoms with Crippen LogP contribution in [0.3, 0.4) is 0 Å². The molecule has 0 saturated carbocycles. The summed E-state index contributed by atoms with van der Waals surface area (Å²) in [5.41, 5.74) is 0.815. The Labute approximate surface area is 147 Å². The van der Waals surface area contributed by atoms with Gasteiger partial charge < -0.3 is 15.4 Å². The summed E-state index contributed by atoms with van der Waals surface area (Å²) in [4.78, 5) is 35.3. The van der Waals surface area contributed by atoms with Crippen LogP contribution < -0.4 is 10.6 Å². The molecule has 0 spiro atoms. The van der Waals surface area contributed by atoms with Gasteiger partial charge in [0, 0.05) is 21.4 Å². The highest BCUT2D eigenvalue weighted by Crippen LogP contribution is 2.22. The van der Waals surface area contributed by atoms with Crippen molar-refractivity contribution in [1.29, 1.82) is 0 Å². The zero-order chi connectivity index (χ0) is 17.7. The Hall–Kier alpha value is -2.57. The molecule has 0 heterocycles. The minimum atomic E-state index is -0.909. The highest BCUT2D eigenvalue weighted by Gasteiger charge is 2.15. The fourth-order valence-corrected chi connectivity index (χ4v) is 2.37. The highest BCUT2D eigenvalue weighted by molar-refractivity contribution is 6.44. The van der Waals surface area contributed by atoms with Crippen molar-refractivity contribution in [2.45, 2.75) is 0 Å². The molecule has 24 heavy (non-hydrogen) atoms. The number of benzene rings is 2. The van der Waals surface area contributed by atoms with Gasteiger partial charge in [-0.05, 0) is 36.4 Å². The van der Waals surface area contributed by atoms with E-state index in [1.807, 2.05) is 0 Å². The summed E-state index contributed by atoms with van der Waals surface area (Å²) in [5.74, 6) is -2.37. The summed E-state index contributed by atoms with van der Waals surface area (Å²) in [6.45, 7) is 0. The summed E-state index contributed by atoms with van der Waals surface area (Å²) in [6.07, 6.45) is 0. The molecule has 8 heteroatoms. The maximum atomic E-state index is 11.9. The zero-order valence-corrected chi connectivity index (χ0v) is 13.9. The minimum absolute atomic E-state index is 0.248. The average Bonchev–Trinajstić information content (AvgIpc) is 2.53. The van der Waals surface area contributed by atoms with Crippen molar-refractivity contribution in [3.05, 3.63) is 58.1 Å². The van der Waals surface area contributed by atoms with E-state index in [1.54, 1.807) is 6.07 Å². The van der Waals surface area contributed by atoms with Crippen LogP contribution in [0, 0.1) is 0 Å². The fourth-order valence-electron chi connectivity index (χ4n) is 1.84. The van der Waals surface area contributed by atoms with E-state index in [0.717, 1.165) is 0 Å². The van der Waals surface area contributed by atoms with Crippen LogP contribution >= 0.6 is 23.2 Å². The lowest BCUT2D eigenvalue weighted by atomic mass is 10.2. The molecule has 0 bridgehead atoms. The van der Waals surface area contributed by atoms with Crippen LogP contribution in [0.5, 0.6) is 0 Å². The minimum Gasteiger partial charge on any atom is -0.465 e. The topological polar surface area (TPSA) is 84.5 Å². The lowest BCUT2D eigenvalue weighted by molar-refractivity contribution is -0.132. The summed E-state index contributed by atoms with van der Waals surface area (Å²) in [5, 5.41) is 5.41. The molecule has 2 rings (SSSR count). The third-order valence-corrected chi connectivity index (χ3v) is 3.30. The van der Waals surface area contributed by atoms with E-state index < -0.39 is 17.8 Å². The van der Waals surface area contributed by atoms with Crippen molar-refractivity contribution >= 4 is 52.4 Å². The summed E-state index contributed by atoms with van der Waals surface area (Å²) >= 11 is 11.6. The van der Waals surface area contributed by atoms with Crippen molar-refractivity contribution in [3.8, 4) is 0 Å². The Balaban J connectivity index is 2.06. The SMILES string of the molecule is COC(=O)c1cccc(NC(=O)C(=O)Nc2cc(Cl)cc(Cl)c2)c1. The molecule has 0 saturated heterocycles. The molecule has 0 unspecified atom stereocenters. The molecule has 0 radical (unpaired) electrons. The molecule has 2 N–H and O–H groups in total. The Bertz CT molecular complexity index is 788. The molecule has 0 aliphatic carbocycles. The van der Waals surface area contributed by atoms with Crippen molar-refractivity contribution in [2.75, 3.05) is 17.7 Å². The predicted octanol–water partition coefficient (Wildman–Crippen LogP) is 3.36. The monoisotopic (exact) mass is 366 g/mol. The van der Waals surface area contributed by atoms with Crippen LogP contribution in [0.15, 0.2) is 42.5 Å². The van der Waals surface area contributed by atoms with Gasteiger partial charge in [-0.1, -0.05) is 29.3 Å². The van der Waals surface area contributed by atoms with Crippen LogP contribution in [0.1, 0.15) is 10.4 Å². The number of rotatable bonds is 3. The third kappa shape index (κ3) is 4.71. The van der Waals surface area contributed by atoms with Crippen molar-refractivity contribution in [3.63, 3.8) is 0 Å². The van der Waals surface area contributed by atoms with Gasteiger partial charge in [0.05, 0.1) is 12.7 Å². The second-order valence-corrected chi connectivity index (χ2v) is 5.51. The van der Waals surface area contributed by atoms with Crippen LogP contribution in [0.4, 0.5) is 11.4 Å². The molecule has 124 valence electrons. The molecule has 2 aromatic carbocycles. The maximum Gasteiger partial charge on any atom is 0.337 e. The molecule has 0 fully saturated rings. The van der Waals surface area contributed by atoms with Gasteiger partial charge in [0.15, 0.2) is 0 Å². The van der Waals surface area contributed by atoms with E-state index in [0.29, 0.717) is 10.0 Å². The molecule has 0 aliphatic rings. The Morgan fingerprint density at radius 2 is 1.46 bits per heavy atom. The Morgan fingerprint density at radius 1 is 0.875 bits per heavy atom. The van der Waals surface area contributed by atoms with Crippen LogP contribution in [0.2, 0.25) is 10.0 Å². The first-order valence-electron chi connectivity index (χ1n) is 6.66. The first kappa shape index (κ1) is 17.8. The molecule has 2 aromatic rings. The molecular formula is C16H12Cl2N2O4. The number of hydrogen-bond acceptors (Lipinski definition) is 4. The van der Waals surface area contributed by atoms with E-state index in [2.05, 4.69) is 15.4 Å². The quantitative estimate of drug-likeness (QED) is 0.644. The summed E-state index contributed by atoms with van der Waals surface area (Å²) in [7, 11) is 1.25. The molecule has 2 amide bonds. The number of hydrogen-bond donors (Lipinski definition) is 2. The molecular weight excluding hydrogens is 355 g/mol. The fraction of sp³-hybridized carbons (Fsp3) is 0.0625. The zero-order valence-electron chi connectivity index (χ0n) is 12.4. The van der Waals surface area contributed by atoms with Gasteiger partial charge in [0.2, 0.25) is 0 Å². The molecule has 0 aliphatic heterocycles. The number of esters is 1. The Kier molecular flexibility index (Phi) is 5.78. The largest absolute Gasteiger partial charge is 0.465 e. The van der Waals surface area contributed by atoms with E-state index in [1.165, 1.54) is 43.5 Å². The lowest BCUT2D eigenvalue weighted by Crippen LogP contribution is -2.29. The number of halogens is 2. The van der Waals surface area contributed by atoms with E-state index in [-0.39, 0.29) is 16.9 Å². The van der Waals surface area contributed by atoms with Gasteiger partial charge in [0.25, 0.3) is 0 Å². The van der Waals surface area contributed by atoms with Crippen molar-refractivity contribution < 1.29 is 19.1 Å². The summed E-state index contributed by atoms with van der Waals surface area (Å²) < 4.78 is 4.59. The normalized spacial score (nSPS) is 9.96. The van der Waals surface area contributed by atoms with Crippen LogP contribution in [0.25, 0.3) is 0 Å². The van der Waals surface area contributed by atoms with Gasteiger partial charge in [-0.25, -0.2) is 4.79 Å². The van der Waals surface area contributed by atoms with Crippen molar-refractivity contribution in [2.24, 2.45) is 0 Å². The van der Waals surface area contributed by atoms with Crippen LogP contribution in [-0.2, 0) is 14.3 Å². The van der Waals surface area contributed by atoms with Gasteiger partial charge >= 0.3 is 17.8 Å². The Morgan fingerprint density at radius 3 is 2.04 bits per heavy atom. The van der Waals surface area contributed by atoms with Crippen molar-refractivity contribution in [1.82, 2.24) is 0 Å². The number of carbonyl (C=O) groups excluding carboxylic acids is 3. The van der Waals surface area contributed by atoms with E-state index in [9.17, 15) is 14.4 Å². The standard InChI is InChI=1S/C16H12Cl2N2O4/c1-24-16(23)9-3-2-4-12(5-9)19-14(21)15(22)20-13-7-10(17)6-11(18)8-13/h2-8H,1H3,(H,19,21)(H,20,22). The van der Waals surface area contributed by atoms with Gasteiger partial charge in [0.1, 0.15) is 0 Å².